The van der Waals surface area contributed by atoms with E-state index < -0.39 is 23.0 Å². The molecule has 1 aromatic rings. The lowest BCUT2D eigenvalue weighted by Crippen LogP contribution is -2.34. The summed E-state index contributed by atoms with van der Waals surface area (Å²) < 4.78 is 0. The van der Waals surface area contributed by atoms with Crippen molar-refractivity contribution in [3.8, 4) is 0 Å². The standard InChI is InChI=1S/C5H8O2.C3H3N3O3/c1-3-4(2)5(6)7;7-1-4-2(8)6-3(9)5-1/h3H,1-2H3,(H,6,7);(H3,4,5,6,7,8,9). The topological polar surface area (TPSA) is 136 Å². The predicted molar refractivity (Wildman–Crippen MR) is 55.4 cm³/mol. The van der Waals surface area contributed by atoms with Crippen LogP contribution in [0.5, 0.6) is 0 Å². The lowest BCUT2D eigenvalue weighted by Gasteiger charge is -1.84. The maximum absolute atomic E-state index is 10.2. The molecule has 0 fully saturated rings. The third-order valence-electron chi connectivity index (χ3n) is 1.45. The first-order valence-corrected chi connectivity index (χ1v) is 4.16. The highest BCUT2D eigenvalue weighted by Crippen LogP contribution is 1.87. The van der Waals surface area contributed by atoms with Crippen molar-refractivity contribution in [1.82, 2.24) is 15.0 Å². The van der Waals surface area contributed by atoms with E-state index in [0.29, 0.717) is 5.57 Å². The summed E-state index contributed by atoms with van der Waals surface area (Å²) >= 11 is 0. The zero-order chi connectivity index (χ0) is 12.7. The molecule has 0 aliphatic carbocycles. The van der Waals surface area contributed by atoms with E-state index >= 15 is 0 Å². The highest BCUT2D eigenvalue weighted by molar-refractivity contribution is 5.85. The van der Waals surface area contributed by atoms with E-state index in [4.69, 9.17) is 5.11 Å². The molecule has 1 rings (SSSR count). The number of aromatic nitrogens is 3. The summed E-state index contributed by atoms with van der Waals surface area (Å²) in [6.45, 7) is 3.26. The number of hydrogen-bond donors (Lipinski definition) is 4. The Hall–Kier alpha value is -2.38. The van der Waals surface area contributed by atoms with Crippen LogP contribution in [0.15, 0.2) is 26.0 Å². The van der Waals surface area contributed by atoms with Gasteiger partial charge in [0.05, 0.1) is 0 Å². The minimum Gasteiger partial charge on any atom is -0.478 e. The van der Waals surface area contributed by atoms with E-state index in [-0.39, 0.29) is 0 Å². The van der Waals surface area contributed by atoms with Crippen LogP contribution < -0.4 is 17.1 Å². The summed E-state index contributed by atoms with van der Waals surface area (Å²) in [6.07, 6.45) is 1.56. The van der Waals surface area contributed by atoms with Crippen LogP contribution in [0.2, 0.25) is 0 Å². The molecular weight excluding hydrogens is 218 g/mol. The van der Waals surface area contributed by atoms with Gasteiger partial charge in [-0.25, -0.2) is 19.2 Å². The molecule has 0 aliphatic heterocycles. The predicted octanol–water partition coefficient (Wildman–Crippen LogP) is -1.21. The summed E-state index contributed by atoms with van der Waals surface area (Å²) in [5.74, 6) is -0.845. The van der Waals surface area contributed by atoms with E-state index in [1.165, 1.54) is 0 Å². The minimum absolute atomic E-state index is 0.389. The molecule has 0 saturated heterocycles. The molecule has 0 amide bonds. The second kappa shape index (κ2) is 6.17. The summed E-state index contributed by atoms with van der Waals surface area (Å²) in [6, 6.07) is 0. The fourth-order valence-electron chi connectivity index (χ4n) is 0.527. The molecule has 0 aliphatic rings. The van der Waals surface area contributed by atoms with E-state index in [2.05, 4.69) is 0 Å². The molecule has 0 atom stereocenters. The van der Waals surface area contributed by atoms with Crippen molar-refractivity contribution in [3.05, 3.63) is 43.1 Å². The number of nitrogens with one attached hydrogen (secondary N) is 3. The second-order valence-corrected chi connectivity index (χ2v) is 2.64. The molecule has 1 aromatic heterocycles. The molecule has 0 spiro atoms. The van der Waals surface area contributed by atoms with E-state index in [1.54, 1.807) is 34.9 Å². The summed E-state index contributed by atoms with van der Waals surface area (Å²) in [7, 11) is 0. The quantitative estimate of drug-likeness (QED) is 0.448. The SMILES string of the molecule is CC=C(C)C(=O)O.O=c1[nH]c(=O)[nH]c(=O)[nH]1. The lowest BCUT2D eigenvalue weighted by molar-refractivity contribution is -0.132. The Morgan fingerprint density at radius 2 is 1.38 bits per heavy atom. The van der Waals surface area contributed by atoms with Gasteiger partial charge in [-0.1, -0.05) is 6.08 Å². The van der Waals surface area contributed by atoms with Gasteiger partial charge in [-0.05, 0) is 13.8 Å². The Balaban J connectivity index is 0.000000293. The molecule has 8 heteroatoms. The molecule has 0 aromatic carbocycles. The normalized spacial score (nSPS) is 10.2. The van der Waals surface area contributed by atoms with Gasteiger partial charge in [-0.15, -0.1) is 0 Å². The Labute approximate surface area is 88.7 Å². The van der Waals surface area contributed by atoms with Crippen molar-refractivity contribution in [1.29, 1.82) is 0 Å². The van der Waals surface area contributed by atoms with Crippen LogP contribution in [0, 0.1) is 0 Å². The first-order chi connectivity index (χ1) is 7.36. The molecule has 88 valence electrons. The number of allylic oxidation sites excluding steroid dienone is 1. The number of H-pyrrole nitrogens is 3. The average molecular weight is 229 g/mol. The summed E-state index contributed by atoms with van der Waals surface area (Å²) in [5.41, 5.74) is -2.02. The first-order valence-electron chi connectivity index (χ1n) is 4.16. The number of aliphatic carboxylic acids is 1. The van der Waals surface area contributed by atoms with Gasteiger partial charge in [0.1, 0.15) is 0 Å². The van der Waals surface area contributed by atoms with Crippen molar-refractivity contribution in [2.24, 2.45) is 0 Å². The summed E-state index contributed by atoms with van der Waals surface area (Å²) in [4.78, 5) is 45.8. The van der Waals surface area contributed by atoms with Crippen LogP contribution in [0.4, 0.5) is 0 Å². The molecule has 1 heterocycles. The Bertz CT molecular complexity index is 469. The zero-order valence-electron chi connectivity index (χ0n) is 8.66. The third kappa shape index (κ3) is 5.37. The molecule has 8 nitrogen and oxygen atoms in total. The molecule has 0 unspecified atom stereocenters. The Kier molecular flexibility index (Phi) is 5.25. The van der Waals surface area contributed by atoms with E-state index in [0.717, 1.165) is 0 Å². The molecule has 0 bridgehead atoms. The van der Waals surface area contributed by atoms with Crippen molar-refractivity contribution in [3.63, 3.8) is 0 Å². The zero-order valence-corrected chi connectivity index (χ0v) is 8.66. The highest BCUT2D eigenvalue weighted by Gasteiger charge is 1.93. The van der Waals surface area contributed by atoms with Crippen LogP contribution in [-0.2, 0) is 4.79 Å². The van der Waals surface area contributed by atoms with Crippen molar-refractivity contribution in [2.75, 3.05) is 0 Å². The van der Waals surface area contributed by atoms with Gasteiger partial charge >= 0.3 is 23.0 Å². The molecule has 4 N–H and O–H groups in total. The number of carboxylic acids is 1. The smallest absolute Gasteiger partial charge is 0.330 e. The monoisotopic (exact) mass is 229 g/mol. The van der Waals surface area contributed by atoms with Crippen molar-refractivity contribution in [2.45, 2.75) is 13.8 Å². The van der Waals surface area contributed by atoms with Crippen LogP contribution in [0.25, 0.3) is 0 Å². The average Bonchev–Trinajstić information content (AvgIpc) is 2.15. The molecule has 0 saturated carbocycles. The van der Waals surface area contributed by atoms with Gasteiger partial charge in [-0.3, -0.25) is 15.0 Å². The number of carboxylic acid groups (broad SMARTS) is 1. The molecular formula is C8H11N3O5. The lowest BCUT2D eigenvalue weighted by atomic mass is 10.3. The van der Waals surface area contributed by atoms with Gasteiger partial charge in [0.15, 0.2) is 0 Å². The largest absolute Gasteiger partial charge is 0.478 e. The Morgan fingerprint density at radius 3 is 1.50 bits per heavy atom. The van der Waals surface area contributed by atoms with Gasteiger partial charge in [0, 0.05) is 5.57 Å². The maximum atomic E-state index is 10.2. The Morgan fingerprint density at radius 1 is 1.06 bits per heavy atom. The third-order valence-corrected chi connectivity index (χ3v) is 1.45. The number of hydrogen-bond acceptors (Lipinski definition) is 4. The fourth-order valence-corrected chi connectivity index (χ4v) is 0.527. The fraction of sp³-hybridized carbons (Fsp3) is 0.250. The van der Waals surface area contributed by atoms with Crippen molar-refractivity contribution >= 4 is 5.97 Å². The van der Waals surface area contributed by atoms with Crippen LogP contribution >= 0.6 is 0 Å². The molecule has 0 radical (unpaired) electrons. The number of rotatable bonds is 1. The van der Waals surface area contributed by atoms with Gasteiger partial charge in [0.2, 0.25) is 0 Å². The highest BCUT2D eigenvalue weighted by atomic mass is 16.4. The number of aromatic amines is 3. The van der Waals surface area contributed by atoms with Crippen LogP contribution in [0.1, 0.15) is 13.8 Å². The van der Waals surface area contributed by atoms with Crippen molar-refractivity contribution < 1.29 is 9.90 Å². The minimum atomic E-state index is -0.845. The maximum Gasteiger partial charge on any atom is 0.330 e. The second-order valence-electron chi connectivity index (χ2n) is 2.64. The number of carbonyl (C=O) groups is 1. The van der Waals surface area contributed by atoms with E-state index in [1.807, 2.05) is 0 Å². The van der Waals surface area contributed by atoms with Gasteiger partial charge in [-0.2, -0.15) is 0 Å². The van der Waals surface area contributed by atoms with Crippen LogP contribution in [0.3, 0.4) is 0 Å². The van der Waals surface area contributed by atoms with Gasteiger partial charge in [0.25, 0.3) is 0 Å². The van der Waals surface area contributed by atoms with E-state index in [9.17, 15) is 19.2 Å². The summed E-state index contributed by atoms with van der Waals surface area (Å²) in [5, 5.41) is 8.11. The molecule has 16 heavy (non-hydrogen) atoms. The van der Waals surface area contributed by atoms with Gasteiger partial charge < -0.3 is 5.11 Å². The van der Waals surface area contributed by atoms with Crippen LogP contribution in [-0.4, -0.2) is 26.0 Å². The first kappa shape index (κ1) is 13.6.